The van der Waals surface area contributed by atoms with Gasteiger partial charge in [-0.3, -0.25) is 14.4 Å². The van der Waals surface area contributed by atoms with Crippen LogP contribution in [0.2, 0.25) is 0 Å². The number of Topliss-reactive ketones (excluding diaryl/α,β-unsaturated/α-hetero) is 1. The Bertz CT molecular complexity index is 415. The molecule has 2 unspecified atom stereocenters. The first-order valence-electron chi connectivity index (χ1n) is 7.59. The molecule has 0 N–H and O–H groups in total. The molecule has 3 rings (SSSR count). The highest BCUT2D eigenvalue weighted by molar-refractivity contribution is 5.82. The average Bonchev–Trinajstić information content (AvgIpc) is 3.08. The second kappa shape index (κ2) is 5.87. The lowest BCUT2D eigenvalue weighted by atomic mass is 9.82. The van der Waals surface area contributed by atoms with Crippen molar-refractivity contribution in [3.05, 3.63) is 18.5 Å². The monoisotopic (exact) mass is 261 g/mol. The van der Waals surface area contributed by atoms with Crippen molar-refractivity contribution in [3.63, 3.8) is 0 Å². The van der Waals surface area contributed by atoms with Crippen LogP contribution in [-0.4, -0.2) is 39.6 Å². The first-order valence-corrected chi connectivity index (χ1v) is 7.59. The number of rotatable bonds is 4. The summed E-state index contributed by atoms with van der Waals surface area (Å²) in [6.45, 7) is 3.11. The maximum atomic E-state index is 12.1. The molecule has 0 bridgehead atoms. The van der Waals surface area contributed by atoms with Crippen molar-refractivity contribution in [2.45, 2.75) is 51.1 Å². The zero-order valence-corrected chi connectivity index (χ0v) is 11.5. The van der Waals surface area contributed by atoms with Gasteiger partial charge in [-0.1, -0.05) is 6.42 Å². The number of carbonyl (C=O) groups excluding carboxylic acids is 1. The van der Waals surface area contributed by atoms with Gasteiger partial charge in [0.1, 0.15) is 5.78 Å². The van der Waals surface area contributed by atoms with Crippen molar-refractivity contribution >= 4 is 5.78 Å². The largest absolute Gasteiger partial charge is 0.299 e. The van der Waals surface area contributed by atoms with Crippen LogP contribution in [0.25, 0.3) is 0 Å². The summed E-state index contributed by atoms with van der Waals surface area (Å²) in [7, 11) is 0. The van der Waals surface area contributed by atoms with Crippen LogP contribution in [0.1, 0.15) is 38.5 Å². The third kappa shape index (κ3) is 2.89. The summed E-state index contributed by atoms with van der Waals surface area (Å²) in [6, 6.07) is 2.47. The number of aromatic nitrogens is 2. The van der Waals surface area contributed by atoms with Gasteiger partial charge in [-0.2, -0.15) is 5.10 Å². The summed E-state index contributed by atoms with van der Waals surface area (Å²) in [5.74, 6) is 0.830. The maximum absolute atomic E-state index is 12.1. The fourth-order valence-electron chi connectivity index (χ4n) is 3.67. The molecule has 2 fully saturated rings. The Hall–Kier alpha value is -1.16. The number of likely N-dealkylation sites (tertiary alicyclic amines) is 1. The van der Waals surface area contributed by atoms with Crippen LogP contribution in [0.4, 0.5) is 0 Å². The minimum Gasteiger partial charge on any atom is -0.299 e. The minimum absolute atomic E-state index is 0.314. The van der Waals surface area contributed by atoms with Crippen LogP contribution < -0.4 is 0 Å². The summed E-state index contributed by atoms with van der Waals surface area (Å²) in [6.07, 6.45) is 10.6. The third-order valence-electron chi connectivity index (χ3n) is 4.66. The van der Waals surface area contributed by atoms with E-state index >= 15 is 0 Å². The van der Waals surface area contributed by atoms with Crippen molar-refractivity contribution in [2.24, 2.45) is 5.92 Å². The molecule has 1 aliphatic carbocycles. The van der Waals surface area contributed by atoms with Crippen LogP contribution in [-0.2, 0) is 11.3 Å². The van der Waals surface area contributed by atoms with E-state index in [1.807, 2.05) is 23.1 Å². The highest BCUT2D eigenvalue weighted by Crippen LogP contribution is 2.32. The zero-order valence-electron chi connectivity index (χ0n) is 11.5. The summed E-state index contributed by atoms with van der Waals surface area (Å²) >= 11 is 0. The molecule has 2 heterocycles. The van der Waals surface area contributed by atoms with Gasteiger partial charge in [-0.15, -0.1) is 0 Å². The molecular weight excluding hydrogens is 238 g/mol. The molecule has 4 heteroatoms. The van der Waals surface area contributed by atoms with Gasteiger partial charge in [0.15, 0.2) is 0 Å². The van der Waals surface area contributed by atoms with Gasteiger partial charge in [0, 0.05) is 37.3 Å². The van der Waals surface area contributed by atoms with Crippen LogP contribution in [0.5, 0.6) is 0 Å². The standard InChI is InChI=1S/C15H23N3O/c19-15-7-2-1-5-13(15)14-6-3-9-17(14)11-12-18-10-4-8-16-18/h4,8,10,13-14H,1-3,5-7,9,11-12H2. The van der Waals surface area contributed by atoms with Gasteiger partial charge in [-0.05, 0) is 38.3 Å². The number of nitrogens with zero attached hydrogens (tertiary/aromatic N) is 3. The van der Waals surface area contributed by atoms with Crippen molar-refractivity contribution in [1.82, 2.24) is 14.7 Å². The van der Waals surface area contributed by atoms with E-state index in [1.54, 1.807) is 0 Å². The van der Waals surface area contributed by atoms with E-state index < -0.39 is 0 Å². The Morgan fingerprint density at radius 1 is 1.21 bits per heavy atom. The molecule has 0 amide bonds. The SMILES string of the molecule is O=C1CCCCC1C1CCCN1CCn1cccn1. The van der Waals surface area contributed by atoms with Crippen molar-refractivity contribution in [3.8, 4) is 0 Å². The van der Waals surface area contributed by atoms with E-state index in [2.05, 4.69) is 10.00 Å². The molecule has 1 saturated carbocycles. The Morgan fingerprint density at radius 3 is 2.95 bits per heavy atom. The maximum Gasteiger partial charge on any atom is 0.137 e. The van der Waals surface area contributed by atoms with Gasteiger partial charge < -0.3 is 0 Å². The Morgan fingerprint density at radius 2 is 2.16 bits per heavy atom. The van der Waals surface area contributed by atoms with E-state index in [4.69, 9.17) is 0 Å². The van der Waals surface area contributed by atoms with Gasteiger partial charge in [0.25, 0.3) is 0 Å². The Kier molecular flexibility index (Phi) is 3.97. The number of hydrogen-bond donors (Lipinski definition) is 0. The lowest BCUT2D eigenvalue weighted by Gasteiger charge is -2.33. The van der Waals surface area contributed by atoms with Crippen molar-refractivity contribution < 1.29 is 4.79 Å². The molecule has 2 aliphatic rings. The summed E-state index contributed by atoms with van der Waals surface area (Å²) < 4.78 is 1.98. The average molecular weight is 261 g/mol. The zero-order chi connectivity index (χ0) is 13.1. The highest BCUT2D eigenvalue weighted by Gasteiger charge is 2.36. The molecule has 4 nitrogen and oxygen atoms in total. The van der Waals surface area contributed by atoms with Gasteiger partial charge in [0.05, 0.1) is 6.54 Å². The quantitative estimate of drug-likeness (QED) is 0.833. The van der Waals surface area contributed by atoms with Gasteiger partial charge >= 0.3 is 0 Å². The van der Waals surface area contributed by atoms with Crippen LogP contribution >= 0.6 is 0 Å². The second-order valence-electron chi connectivity index (χ2n) is 5.83. The normalized spacial score (nSPS) is 28.9. The van der Waals surface area contributed by atoms with E-state index in [-0.39, 0.29) is 0 Å². The predicted octanol–water partition coefficient (Wildman–Crippen LogP) is 2.11. The molecule has 2 atom stereocenters. The molecule has 1 aromatic rings. The summed E-state index contributed by atoms with van der Waals surface area (Å²) in [5, 5.41) is 4.25. The van der Waals surface area contributed by atoms with Crippen LogP contribution in [0.3, 0.4) is 0 Å². The van der Waals surface area contributed by atoms with E-state index in [1.165, 1.54) is 19.3 Å². The lowest BCUT2D eigenvalue weighted by molar-refractivity contribution is -0.126. The van der Waals surface area contributed by atoms with Crippen molar-refractivity contribution in [2.75, 3.05) is 13.1 Å². The molecule has 0 aromatic carbocycles. The topological polar surface area (TPSA) is 38.1 Å². The molecule has 0 radical (unpaired) electrons. The smallest absolute Gasteiger partial charge is 0.137 e. The van der Waals surface area contributed by atoms with Gasteiger partial charge in [0.2, 0.25) is 0 Å². The van der Waals surface area contributed by atoms with E-state index in [9.17, 15) is 4.79 Å². The first-order chi connectivity index (χ1) is 9.34. The number of hydrogen-bond acceptors (Lipinski definition) is 3. The molecule has 1 saturated heterocycles. The highest BCUT2D eigenvalue weighted by atomic mass is 16.1. The summed E-state index contributed by atoms with van der Waals surface area (Å²) in [4.78, 5) is 14.6. The van der Waals surface area contributed by atoms with E-state index in [0.29, 0.717) is 17.7 Å². The third-order valence-corrected chi connectivity index (χ3v) is 4.66. The predicted molar refractivity (Wildman–Crippen MR) is 73.8 cm³/mol. The van der Waals surface area contributed by atoms with Crippen LogP contribution in [0.15, 0.2) is 18.5 Å². The molecule has 19 heavy (non-hydrogen) atoms. The van der Waals surface area contributed by atoms with Crippen LogP contribution in [0, 0.1) is 5.92 Å². The van der Waals surface area contributed by atoms with Crippen molar-refractivity contribution in [1.29, 1.82) is 0 Å². The van der Waals surface area contributed by atoms with E-state index in [0.717, 1.165) is 38.9 Å². The molecular formula is C15H23N3O. The minimum atomic E-state index is 0.314. The molecule has 0 spiro atoms. The molecule has 1 aliphatic heterocycles. The number of ketones is 1. The first kappa shape index (κ1) is 12.9. The number of carbonyl (C=O) groups is 1. The van der Waals surface area contributed by atoms with Gasteiger partial charge in [-0.25, -0.2) is 0 Å². The second-order valence-corrected chi connectivity index (χ2v) is 5.83. The fraction of sp³-hybridized carbons (Fsp3) is 0.733. The molecule has 1 aromatic heterocycles. The Labute approximate surface area is 114 Å². The Balaban J connectivity index is 1.59. The summed E-state index contributed by atoms with van der Waals surface area (Å²) in [5.41, 5.74) is 0. The molecule has 104 valence electrons. The fourth-order valence-corrected chi connectivity index (χ4v) is 3.67. The lowest BCUT2D eigenvalue weighted by Crippen LogP contribution is -2.42.